The zero-order chi connectivity index (χ0) is 15.9. The number of rotatable bonds is 9. The van der Waals surface area contributed by atoms with Gasteiger partial charge in [0.15, 0.2) is 0 Å². The Kier molecular flexibility index (Phi) is 7.00. The average molecular weight is 324 g/mol. The number of hydrogen-bond acceptors (Lipinski definition) is 2. The predicted octanol–water partition coefficient (Wildman–Crippen LogP) is 5.34. The number of benzene rings is 1. The molecule has 1 nitrogen and oxygen atoms in total. The zero-order valence-corrected chi connectivity index (χ0v) is 12.7. The van der Waals surface area contributed by atoms with Crippen LogP contribution in [0.1, 0.15) is 39.0 Å². The zero-order valence-electron chi connectivity index (χ0n) is 11.9. The summed E-state index contributed by atoms with van der Waals surface area (Å²) in [6, 6.07) is 7.28. The van der Waals surface area contributed by atoms with E-state index in [0.29, 0.717) is 12.8 Å². The minimum atomic E-state index is -4.46. The first-order chi connectivity index (χ1) is 9.81. The Hall–Kier alpha value is -0.750. The molecule has 1 aromatic rings. The van der Waals surface area contributed by atoms with Crippen LogP contribution in [0.25, 0.3) is 0 Å². The van der Waals surface area contributed by atoms with Gasteiger partial charge in [0, 0.05) is 4.90 Å². The Bertz CT molecular complexity index is 411. The molecular formula is C15H20F4OS. The maximum absolute atomic E-state index is 13.8. The molecule has 0 fully saturated rings. The van der Waals surface area contributed by atoms with Crippen LogP contribution in [0.4, 0.5) is 17.6 Å². The van der Waals surface area contributed by atoms with Gasteiger partial charge in [-0.25, -0.2) is 0 Å². The van der Waals surface area contributed by atoms with Gasteiger partial charge in [-0.05, 0) is 30.3 Å². The number of halogens is 4. The van der Waals surface area contributed by atoms with E-state index >= 15 is 0 Å². The van der Waals surface area contributed by atoms with Crippen LogP contribution >= 0.6 is 11.8 Å². The van der Waals surface area contributed by atoms with E-state index in [2.05, 4.69) is 0 Å². The van der Waals surface area contributed by atoms with Crippen molar-refractivity contribution in [2.45, 2.75) is 61.2 Å². The molecule has 0 spiro atoms. The van der Waals surface area contributed by atoms with Gasteiger partial charge in [0.2, 0.25) is 0 Å². The lowest BCUT2D eigenvalue weighted by atomic mass is 10.0. The van der Waals surface area contributed by atoms with E-state index in [0.717, 1.165) is 12.8 Å². The van der Waals surface area contributed by atoms with Crippen molar-refractivity contribution >= 4 is 11.8 Å². The number of aliphatic hydroxyl groups is 1. The summed E-state index contributed by atoms with van der Waals surface area (Å²) in [4.78, 5) is 0.0420. The summed E-state index contributed by atoms with van der Waals surface area (Å²) in [5.41, 5.74) is 0. The van der Waals surface area contributed by atoms with E-state index < -0.39 is 17.3 Å². The fraction of sp³-hybridized carbons (Fsp3) is 0.600. The van der Waals surface area contributed by atoms with Crippen molar-refractivity contribution < 1.29 is 22.7 Å². The number of alkyl halides is 4. The van der Waals surface area contributed by atoms with Crippen molar-refractivity contribution in [1.29, 1.82) is 0 Å². The smallest absolute Gasteiger partial charge is 0.363 e. The number of aliphatic hydroxyl groups excluding tert-OH is 1. The second kappa shape index (κ2) is 8.03. The molecule has 21 heavy (non-hydrogen) atoms. The Morgan fingerprint density at radius 3 is 2.24 bits per heavy atom. The Balaban J connectivity index is 2.65. The fourth-order valence-corrected chi connectivity index (χ4v) is 2.71. The van der Waals surface area contributed by atoms with Crippen LogP contribution in [0.5, 0.6) is 0 Å². The minimum Gasteiger partial charge on any atom is -0.387 e. The van der Waals surface area contributed by atoms with Crippen molar-refractivity contribution in [2.24, 2.45) is 0 Å². The molecule has 0 aliphatic rings. The van der Waals surface area contributed by atoms with Gasteiger partial charge >= 0.3 is 11.2 Å². The monoisotopic (exact) mass is 324 g/mol. The van der Waals surface area contributed by atoms with Crippen LogP contribution in [0.15, 0.2) is 35.2 Å². The predicted molar refractivity (Wildman–Crippen MR) is 77.0 cm³/mol. The Morgan fingerprint density at radius 1 is 1.05 bits per heavy atom. The molecule has 0 saturated heterocycles. The molecule has 0 amide bonds. The molecule has 1 rings (SSSR count). The van der Waals surface area contributed by atoms with Crippen LogP contribution in [0.2, 0.25) is 0 Å². The normalized spacial score (nSPS) is 14.2. The van der Waals surface area contributed by atoms with Crippen LogP contribution in [0, 0.1) is 0 Å². The molecule has 0 aliphatic heterocycles. The minimum absolute atomic E-state index is 0.0420. The molecule has 0 aliphatic carbocycles. The van der Waals surface area contributed by atoms with E-state index in [1.807, 2.05) is 6.92 Å². The lowest BCUT2D eigenvalue weighted by molar-refractivity contribution is -0.210. The van der Waals surface area contributed by atoms with Crippen molar-refractivity contribution in [3.05, 3.63) is 30.3 Å². The lowest BCUT2D eigenvalue weighted by Gasteiger charge is -2.29. The molecule has 0 bridgehead atoms. The molecule has 1 aromatic carbocycles. The van der Waals surface area contributed by atoms with Gasteiger partial charge in [-0.3, -0.25) is 0 Å². The number of hydrogen-bond donors (Lipinski definition) is 1. The summed E-state index contributed by atoms with van der Waals surface area (Å²) >= 11 is -0.218. The van der Waals surface area contributed by atoms with Gasteiger partial charge in [-0.15, -0.1) is 0 Å². The highest BCUT2D eigenvalue weighted by Crippen LogP contribution is 2.49. The van der Waals surface area contributed by atoms with Crippen LogP contribution in [-0.4, -0.2) is 22.4 Å². The average Bonchev–Trinajstić information content (AvgIpc) is 2.43. The Labute approximate surface area is 126 Å². The highest BCUT2D eigenvalue weighted by atomic mass is 32.2. The van der Waals surface area contributed by atoms with Crippen molar-refractivity contribution in [3.63, 3.8) is 0 Å². The second-order valence-electron chi connectivity index (χ2n) is 4.92. The fourth-order valence-electron chi connectivity index (χ4n) is 1.84. The molecule has 1 unspecified atom stereocenters. The highest BCUT2D eigenvalue weighted by molar-refractivity contribution is 8.00. The third-order valence-electron chi connectivity index (χ3n) is 3.13. The van der Waals surface area contributed by atoms with Gasteiger partial charge in [0.25, 0.3) is 0 Å². The summed E-state index contributed by atoms with van der Waals surface area (Å²) in [5.74, 6) is -4.46. The summed E-state index contributed by atoms with van der Waals surface area (Å²) < 4.78 is 55.1. The maximum atomic E-state index is 13.8. The van der Waals surface area contributed by atoms with Crippen molar-refractivity contribution in [2.75, 3.05) is 0 Å². The molecule has 120 valence electrons. The van der Waals surface area contributed by atoms with Gasteiger partial charge in [-0.2, -0.15) is 17.6 Å². The van der Waals surface area contributed by atoms with Crippen LogP contribution in [-0.2, 0) is 0 Å². The van der Waals surface area contributed by atoms with Crippen molar-refractivity contribution in [3.8, 4) is 0 Å². The largest absolute Gasteiger partial charge is 0.387 e. The van der Waals surface area contributed by atoms with E-state index in [1.54, 1.807) is 6.07 Å². The molecule has 0 radical (unpaired) electrons. The van der Waals surface area contributed by atoms with Crippen molar-refractivity contribution in [1.82, 2.24) is 0 Å². The highest BCUT2D eigenvalue weighted by Gasteiger charge is 2.61. The molecule has 1 atom stereocenters. The third-order valence-corrected chi connectivity index (χ3v) is 4.16. The van der Waals surface area contributed by atoms with Gasteiger partial charge in [-0.1, -0.05) is 50.8 Å². The first kappa shape index (κ1) is 18.3. The molecular weight excluding hydrogens is 304 g/mol. The van der Waals surface area contributed by atoms with Gasteiger partial charge in [0.05, 0.1) is 0 Å². The summed E-state index contributed by atoms with van der Waals surface area (Å²) in [5, 5.41) is 5.10. The summed E-state index contributed by atoms with van der Waals surface area (Å²) in [6.07, 6.45) is 0.0656. The SMILES string of the molecule is CCCCCCC(O)C(F)(F)C(F)(F)Sc1ccccc1. The standard InChI is InChI=1S/C15H20F4OS/c1-2-3-4-8-11-13(20)14(16,17)15(18,19)21-12-9-6-5-7-10-12/h5-7,9-10,13,20H,2-4,8,11H2,1H3. The lowest BCUT2D eigenvalue weighted by Crippen LogP contribution is -2.47. The molecule has 0 saturated carbocycles. The van der Waals surface area contributed by atoms with Gasteiger partial charge in [0.1, 0.15) is 6.10 Å². The maximum Gasteiger partial charge on any atom is 0.363 e. The third kappa shape index (κ3) is 5.18. The summed E-state index contributed by atoms with van der Waals surface area (Å²) in [7, 11) is 0. The first-order valence-corrected chi connectivity index (χ1v) is 7.80. The molecule has 0 aromatic heterocycles. The van der Waals surface area contributed by atoms with E-state index in [-0.39, 0.29) is 23.1 Å². The molecule has 0 heterocycles. The van der Waals surface area contributed by atoms with E-state index in [4.69, 9.17) is 0 Å². The topological polar surface area (TPSA) is 20.2 Å². The Morgan fingerprint density at radius 2 is 1.67 bits per heavy atom. The summed E-state index contributed by atoms with van der Waals surface area (Å²) in [6.45, 7) is 1.95. The first-order valence-electron chi connectivity index (χ1n) is 6.99. The molecule has 6 heteroatoms. The number of thioether (sulfide) groups is 1. The van der Waals surface area contributed by atoms with Gasteiger partial charge < -0.3 is 5.11 Å². The van der Waals surface area contributed by atoms with Crippen LogP contribution < -0.4 is 0 Å². The number of unbranched alkanes of at least 4 members (excludes halogenated alkanes) is 3. The van der Waals surface area contributed by atoms with E-state index in [9.17, 15) is 22.7 Å². The second-order valence-corrected chi connectivity index (χ2v) is 6.11. The molecule has 1 N–H and O–H groups in total. The quantitative estimate of drug-likeness (QED) is 0.376. The van der Waals surface area contributed by atoms with E-state index in [1.165, 1.54) is 24.3 Å². The van der Waals surface area contributed by atoms with Crippen LogP contribution in [0.3, 0.4) is 0 Å².